The van der Waals surface area contributed by atoms with Crippen LogP contribution in [-0.2, 0) is 17.9 Å². The molecule has 0 bridgehead atoms. The van der Waals surface area contributed by atoms with Gasteiger partial charge in [-0.15, -0.1) is 5.10 Å². The Hall–Kier alpha value is -2.90. The number of carboxylic acid groups (broad SMARTS) is 1. The molecule has 0 spiro atoms. The second kappa shape index (κ2) is 7.04. The maximum absolute atomic E-state index is 11.4. The van der Waals surface area contributed by atoms with Gasteiger partial charge in [0.15, 0.2) is 5.69 Å². The van der Waals surface area contributed by atoms with E-state index in [9.17, 15) is 9.59 Å². The number of hydrogen-bond donors (Lipinski definition) is 2. The second-order valence-corrected chi connectivity index (χ2v) is 4.16. The number of nitrogens with zero attached hydrogens (tertiary/aromatic N) is 3. The van der Waals surface area contributed by atoms with Crippen LogP contribution in [0.5, 0.6) is 0 Å². The van der Waals surface area contributed by atoms with Gasteiger partial charge < -0.3 is 15.2 Å². The van der Waals surface area contributed by atoms with Gasteiger partial charge in [-0.1, -0.05) is 35.5 Å². The fraction of sp³-hybridized carbons (Fsp3) is 0.231. The van der Waals surface area contributed by atoms with Crippen LogP contribution in [0.1, 0.15) is 16.1 Å². The Balaban J connectivity index is 1.68. The van der Waals surface area contributed by atoms with Crippen LogP contribution in [0.15, 0.2) is 36.5 Å². The van der Waals surface area contributed by atoms with E-state index in [0.29, 0.717) is 6.54 Å². The van der Waals surface area contributed by atoms with Crippen LogP contribution in [0.4, 0.5) is 4.79 Å². The molecule has 2 aromatic rings. The molecule has 21 heavy (non-hydrogen) atoms. The average molecular weight is 290 g/mol. The lowest BCUT2D eigenvalue weighted by molar-refractivity contribution is 0.0690. The zero-order chi connectivity index (χ0) is 15.1. The fourth-order valence-corrected chi connectivity index (χ4v) is 1.55. The molecule has 0 aliphatic rings. The summed E-state index contributed by atoms with van der Waals surface area (Å²) in [5.41, 5.74) is 0.761. The van der Waals surface area contributed by atoms with Gasteiger partial charge in [0.1, 0.15) is 6.61 Å². The number of alkyl carbamates (subject to hydrolysis) is 1. The van der Waals surface area contributed by atoms with E-state index in [-0.39, 0.29) is 18.8 Å². The highest BCUT2D eigenvalue weighted by Gasteiger charge is 2.08. The molecule has 2 rings (SSSR count). The van der Waals surface area contributed by atoms with Gasteiger partial charge in [0.25, 0.3) is 0 Å². The maximum atomic E-state index is 11.4. The van der Waals surface area contributed by atoms with Crippen LogP contribution in [0.25, 0.3) is 0 Å². The van der Waals surface area contributed by atoms with Crippen LogP contribution in [-0.4, -0.2) is 38.7 Å². The molecule has 0 atom stereocenters. The number of nitrogens with one attached hydrogen (secondary N) is 1. The first-order chi connectivity index (χ1) is 10.1. The quantitative estimate of drug-likeness (QED) is 0.818. The van der Waals surface area contributed by atoms with Crippen molar-refractivity contribution in [1.82, 2.24) is 20.3 Å². The number of carbonyl (C=O) groups excluding carboxylic acids is 1. The van der Waals surface area contributed by atoms with Gasteiger partial charge in [-0.25, -0.2) is 14.3 Å². The molecule has 0 aliphatic heterocycles. The predicted molar refractivity (Wildman–Crippen MR) is 71.6 cm³/mol. The van der Waals surface area contributed by atoms with Gasteiger partial charge in [-0.3, -0.25) is 0 Å². The van der Waals surface area contributed by atoms with Crippen molar-refractivity contribution < 1.29 is 19.4 Å². The summed E-state index contributed by atoms with van der Waals surface area (Å²) in [6.45, 7) is 0.760. The predicted octanol–water partition coefficient (Wildman–Crippen LogP) is 0.903. The van der Waals surface area contributed by atoms with Crippen molar-refractivity contribution in [2.45, 2.75) is 13.2 Å². The Bertz CT molecular complexity index is 612. The van der Waals surface area contributed by atoms with E-state index in [0.717, 1.165) is 5.56 Å². The summed E-state index contributed by atoms with van der Waals surface area (Å²) < 4.78 is 6.35. The van der Waals surface area contributed by atoms with Crippen molar-refractivity contribution in [3.63, 3.8) is 0 Å². The van der Waals surface area contributed by atoms with Crippen molar-refractivity contribution >= 4 is 12.1 Å². The summed E-state index contributed by atoms with van der Waals surface area (Å²) in [7, 11) is 0. The van der Waals surface area contributed by atoms with E-state index in [2.05, 4.69) is 15.6 Å². The smallest absolute Gasteiger partial charge is 0.407 e. The molecular weight excluding hydrogens is 276 g/mol. The van der Waals surface area contributed by atoms with E-state index >= 15 is 0 Å². The van der Waals surface area contributed by atoms with E-state index in [1.54, 1.807) is 0 Å². The minimum absolute atomic E-state index is 0.137. The van der Waals surface area contributed by atoms with Crippen LogP contribution >= 0.6 is 0 Å². The summed E-state index contributed by atoms with van der Waals surface area (Å²) >= 11 is 0. The lowest BCUT2D eigenvalue weighted by atomic mass is 10.2. The van der Waals surface area contributed by atoms with Gasteiger partial charge in [-0.05, 0) is 5.56 Å². The van der Waals surface area contributed by atoms with E-state index in [1.807, 2.05) is 30.3 Å². The highest BCUT2D eigenvalue weighted by molar-refractivity contribution is 5.84. The molecule has 1 aromatic heterocycles. The lowest BCUT2D eigenvalue weighted by Gasteiger charge is -2.06. The molecule has 0 saturated heterocycles. The summed E-state index contributed by atoms with van der Waals surface area (Å²) in [6, 6.07) is 9.32. The fourth-order valence-electron chi connectivity index (χ4n) is 1.55. The first-order valence-corrected chi connectivity index (χ1v) is 6.23. The number of carboxylic acids is 1. The molecule has 110 valence electrons. The van der Waals surface area contributed by atoms with Gasteiger partial charge in [0.05, 0.1) is 12.7 Å². The molecule has 8 nitrogen and oxygen atoms in total. The van der Waals surface area contributed by atoms with Crippen molar-refractivity contribution in [2.75, 3.05) is 6.54 Å². The van der Waals surface area contributed by atoms with Crippen molar-refractivity contribution in [2.24, 2.45) is 0 Å². The number of amides is 1. The van der Waals surface area contributed by atoms with Crippen LogP contribution in [0.3, 0.4) is 0 Å². The number of carbonyl (C=O) groups is 2. The number of aromatic carboxylic acids is 1. The minimum Gasteiger partial charge on any atom is -0.476 e. The number of aromatic nitrogens is 3. The topological polar surface area (TPSA) is 106 Å². The number of hydrogen-bond acceptors (Lipinski definition) is 5. The molecule has 8 heteroatoms. The van der Waals surface area contributed by atoms with Crippen LogP contribution in [0, 0.1) is 0 Å². The van der Waals surface area contributed by atoms with Gasteiger partial charge in [-0.2, -0.15) is 0 Å². The SMILES string of the molecule is O=C(NCCn1cc(C(=O)O)nn1)OCc1ccccc1. The first-order valence-electron chi connectivity index (χ1n) is 6.23. The van der Waals surface area contributed by atoms with Crippen molar-refractivity contribution in [1.29, 1.82) is 0 Å². The largest absolute Gasteiger partial charge is 0.476 e. The number of ether oxygens (including phenoxy) is 1. The molecule has 0 radical (unpaired) electrons. The van der Waals surface area contributed by atoms with E-state index in [4.69, 9.17) is 9.84 Å². The second-order valence-electron chi connectivity index (χ2n) is 4.16. The average Bonchev–Trinajstić information content (AvgIpc) is 2.95. The third-order valence-electron chi connectivity index (χ3n) is 2.58. The van der Waals surface area contributed by atoms with Crippen LogP contribution < -0.4 is 5.32 Å². The van der Waals surface area contributed by atoms with Gasteiger partial charge >= 0.3 is 12.1 Å². The molecule has 1 amide bonds. The van der Waals surface area contributed by atoms with Crippen LogP contribution in [0.2, 0.25) is 0 Å². The molecule has 0 saturated carbocycles. The number of benzene rings is 1. The third kappa shape index (κ3) is 4.60. The molecule has 0 fully saturated rings. The molecule has 1 heterocycles. The Kier molecular flexibility index (Phi) is 4.86. The lowest BCUT2D eigenvalue weighted by Crippen LogP contribution is -2.28. The Morgan fingerprint density at radius 3 is 2.71 bits per heavy atom. The van der Waals surface area contributed by atoms with Crippen molar-refractivity contribution in [3.05, 3.63) is 47.8 Å². The maximum Gasteiger partial charge on any atom is 0.407 e. The third-order valence-corrected chi connectivity index (χ3v) is 2.58. The minimum atomic E-state index is -1.14. The Labute approximate surface area is 120 Å². The standard InChI is InChI=1S/C13H14N4O4/c18-12(19)11-8-17(16-15-11)7-6-14-13(20)21-9-10-4-2-1-3-5-10/h1-5,8H,6-7,9H2,(H,14,20)(H,18,19). The first kappa shape index (κ1) is 14.5. The molecule has 0 unspecified atom stereocenters. The van der Waals surface area contributed by atoms with Gasteiger partial charge in [0.2, 0.25) is 0 Å². The Morgan fingerprint density at radius 1 is 1.29 bits per heavy atom. The van der Waals surface area contributed by atoms with E-state index < -0.39 is 12.1 Å². The highest BCUT2D eigenvalue weighted by atomic mass is 16.5. The molecule has 0 aliphatic carbocycles. The number of rotatable bonds is 6. The molecule has 1 aromatic carbocycles. The summed E-state index contributed by atoms with van der Waals surface area (Å²) in [5.74, 6) is -1.14. The van der Waals surface area contributed by atoms with Crippen molar-refractivity contribution in [3.8, 4) is 0 Å². The Morgan fingerprint density at radius 2 is 2.05 bits per heavy atom. The highest BCUT2D eigenvalue weighted by Crippen LogP contribution is 2.00. The zero-order valence-electron chi connectivity index (χ0n) is 11.1. The zero-order valence-corrected chi connectivity index (χ0v) is 11.1. The van der Waals surface area contributed by atoms with Gasteiger partial charge in [0, 0.05) is 6.54 Å². The molecular formula is C13H14N4O4. The summed E-state index contributed by atoms with van der Waals surface area (Å²) in [6.07, 6.45) is 0.747. The van der Waals surface area contributed by atoms with E-state index in [1.165, 1.54) is 10.9 Å². The normalized spacial score (nSPS) is 10.1. The molecule has 2 N–H and O–H groups in total. The summed E-state index contributed by atoms with van der Waals surface area (Å²) in [5, 5.41) is 18.3. The monoisotopic (exact) mass is 290 g/mol. The summed E-state index contributed by atoms with van der Waals surface area (Å²) in [4.78, 5) is 22.1.